The minimum Gasteiger partial charge on any atom is -0.493 e. The summed E-state index contributed by atoms with van der Waals surface area (Å²) in [6, 6.07) is 10.4. The van der Waals surface area contributed by atoms with Crippen LogP contribution in [0.1, 0.15) is 80.6 Å². The van der Waals surface area contributed by atoms with E-state index in [0.29, 0.717) is 39.0 Å². The normalized spacial score (nSPS) is 16.4. The van der Waals surface area contributed by atoms with Gasteiger partial charge in [0, 0.05) is 40.7 Å². The van der Waals surface area contributed by atoms with Gasteiger partial charge in [-0.3, -0.25) is 14.4 Å². The number of aromatic nitrogens is 1. The van der Waals surface area contributed by atoms with Gasteiger partial charge in [-0.1, -0.05) is 48.9 Å². The van der Waals surface area contributed by atoms with Crippen molar-refractivity contribution in [1.82, 2.24) is 4.98 Å². The highest BCUT2D eigenvalue weighted by atomic mass is 35.5. The Kier molecular flexibility index (Phi) is 11.6. The number of nitrogens with one attached hydrogen (secondary N) is 1. The number of para-hydroxylation sites is 1. The number of carbonyl (C=O) groups excluding carboxylic acids is 4. The number of nitrogens with zero attached hydrogens (tertiary/aromatic N) is 2. The fraction of sp³-hybridized carbons (Fsp3) is 0.457. The molecular formula is C35H42ClN3O9S. The number of rotatable bonds is 11. The van der Waals surface area contributed by atoms with Crippen molar-refractivity contribution in [3.05, 3.63) is 63.1 Å². The smallest absolute Gasteiger partial charge is 0.350 e. The Labute approximate surface area is 295 Å². The zero-order valence-corrected chi connectivity index (χ0v) is 30.7. The number of hydrogen-bond acceptors (Lipinski definition) is 11. The highest BCUT2D eigenvalue weighted by molar-refractivity contribution is 7.17. The molecule has 49 heavy (non-hydrogen) atoms. The zero-order chi connectivity index (χ0) is 36.3. The Hall–Kier alpha value is -4.20. The molecule has 1 aliphatic heterocycles. The first-order valence-corrected chi connectivity index (χ1v) is 16.7. The molecule has 264 valence electrons. The van der Waals surface area contributed by atoms with Gasteiger partial charge in [0.05, 0.1) is 32.9 Å². The number of carbonyl (C=O) groups is 4. The molecule has 1 aromatic heterocycles. The van der Waals surface area contributed by atoms with E-state index >= 15 is 0 Å². The van der Waals surface area contributed by atoms with Crippen LogP contribution >= 0.6 is 22.9 Å². The van der Waals surface area contributed by atoms with Crippen molar-refractivity contribution in [2.24, 2.45) is 5.41 Å². The molecule has 0 saturated heterocycles. The van der Waals surface area contributed by atoms with Crippen LogP contribution in [0.25, 0.3) is 0 Å². The number of esters is 2. The first-order valence-electron chi connectivity index (χ1n) is 15.5. The fourth-order valence-corrected chi connectivity index (χ4v) is 6.34. The number of anilines is 2. The summed E-state index contributed by atoms with van der Waals surface area (Å²) in [5, 5.41) is 3.29. The maximum absolute atomic E-state index is 14.5. The molecule has 2 atom stereocenters. The quantitative estimate of drug-likeness (QED) is 0.218. The molecule has 0 spiro atoms. The van der Waals surface area contributed by atoms with Crippen LogP contribution < -0.4 is 19.7 Å². The molecule has 1 N–H and O–H groups in total. The molecule has 0 fully saturated rings. The molecule has 0 unspecified atom stereocenters. The van der Waals surface area contributed by atoms with Gasteiger partial charge in [0.1, 0.15) is 22.7 Å². The summed E-state index contributed by atoms with van der Waals surface area (Å²) in [6.45, 7) is 12.1. The Morgan fingerprint density at radius 1 is 1.06 bits per heavy atom. The van der Waals surface area contributed by atoms with Gasteiger partial charge in [0.2, 0.25) is 5.91 Å². The van der Waals surface area contributed by atoms with Crippen molar-refractivity contribution in [2.75, 3.05) is 37.6 Å². The minimum absolute atomic E-state index is 0.0392. The van der Waals surface area contributed by atoms with Crippen LogP contribution in [0.15, 0.2) is 36.4 Å². The summed E-state index contributed by atoms with van der Waals surface area (Å²) in [7, 11) is 3.01. The molecular weight excluding hydrogens is 674 g/mol. The first-order chi connectivity index (χ1) is 22.9. The molecule has 0 radical (unpaired) electrons. The van der Waals surface area contributed by atoms with Crippen LogP contribution in [0.5, 0.6) is 11.5 Å². The van der Waals surface area contributed by atoms with Crippen LogP contribution in [0.4, 0.5) is 10.8 Å². The summed E-state index contributed by atoms with van der Waals surface area (Å²) in [6.07, 6.45) is -2.63. The monoisotopic (exact) mass is 715 g/mol. The molecule has 2 aromatic carbocycles. The molecule has 0 bridgehead atoms. The van der Waals surface area contributed by atoms with Crippen LogP contribution in [0, 0.1) is 12.3 Å². The van der Waals surface area contributed by atoms with Crippen molar-refractivity contribution in [3.63, 3.8) is 0 Å². The van der Waals surface area contributed by atoms with E-state index in [1.165, 1.54) is 26.0 Å². The van der Waals surface area contributed by atoms with Crippen LogP contribution in [0.3, 0.4) is 0 Å². The minimum atomic E-state index is -1.30. The van der Waals surface area contributed by atoms with E-state index in [1.54, 1.807) is 64.1 Å². The van der Waals surface area contributed by atoms with Gasteiger partial charge in [-0.05, 0) is 52.0 Å². The first kappa shape index (κ1) is 37.6. The summed E-state index contributed by atoms with van der Waals surface area (Å²) in [4.78, 5) is 58.6. The molecule has 14 heteroatoms. The largest absolute Gasteiger partial charge is 0.493 e. The molecule has 0 aliphatic carbocycles. The van der Waals surface area contributed by atoms with Gasteiger partial charge in [-0.2, -0.15) is 0 Å². The summed E-state index contributed by atoms with van der Waals surface area (Å²) in [5.74, 6) is -1.24. The van der Waals surface area contributed by atoms with Gasteiger partial charge >= 0.3 is 11.9 Å². The van der Waals surface area contributed by atoms with Crippen molar-refractivity contribution < 1.29 is 42.9 Å². The van der Waals surface area contributed by atoms with Gasteiger partial charge in [0.15, 0.2) is 16.6 Å². The molecule has 0 saturated carbocycles. The third-order valence-electron chi connectivity index (χ3n) is 7.37. The molecule has 12 nitrogen and oxygen atoms in total. The van der Waals surface area contributed by atoms with E-state index in [0.717, 1.165) is 11.3 Å². The summed E-state index contributed by atoms with van der Waals surface area (Å²) in [5.41, 5.74) is 0.583. The van der Waals surface area contributed by atoms with Crippen LogP contribution in [-0.4, -0.2) is 67.8 Å². The van der Waals surface area contributed by atoms with Crippen molar-refractivity contribution in [1.29, 1.82) is 0 Å². The summed E-state index contributed by atoms with van der Waals surface area (Å²) >= 11 is 7.50. The number of fused-ring (bicyclic) bond motifs is 1. The molecule has 3 aromatic rings. The van der Waals surface area contributed by atoms with Gasteiger partial charge in [-0.15, -0.1) is 0 Å². The second kappa shape index (κ2) is 15.1. The van der Waals surface area contributed by atoms with Gasteiger partial charge in [-0.25, -0.2) is 9.78 Å². The van der Waals surface area contributed by atoms with Crippen LogP contribution in [0.2, 0.25) is 5.02 Å². The topological polar surface area (TPSA) is 143 Å². The lowest BCUT2D eigenvalue weighted by Gasteiger charge is -2.33. The maximum Gasteiger partial charge on any atom is 0.350 e. The molecule has 1 aliphatic rings. The number of aryl methyl sites for hydroxylation is 1. The van der Waals surface area contributed by atoms with E-state index in [-0.39, 0.29) is 23.2 Å². The zero-order valence-electron chi connectivity index (χ0n) is 29.1. The Morgan fingerprint density at radius 2 is 1.78 bits per heavy atom. The highest BCUT2D eigenvalue weighted by Gasteiger charge is 2.41. The third kappa shape index (κ3) is 9.28. The lowest BCUT2D eigenvalue weighted by atomic mass is 9.92. The number of hydrogen-bond donors (Lipinski definition) is 1. The average molecular weight is 716 g/mol. The Bertz CT molecular complexity index is 1730. The molecule has 4 rings (SSSR count). The number of benzene rings is 2. The Balaban J connectivity index is 1.75. The number of thiazole rings is 1. The SMILES string of the molecule is COc1cccc([C@H]2O[C@H](CC(=O)Nc3nc(C)c(C(=O)OC(C)(C)C)s3)C(=O)N(CC(C)(C)COC(C)=O)c3ccc(Cl)cc32)c1OC. The van der Waals surface area contributed by atoms with Gasteiger partial charge < -0.3 is 33.9 Å². The van der Waals surface area contributed by atoms with E-state index in [9.17, 15) is 19.2 Å². The predicted molar refractivity (Wildman–Crippen MR) is 186 cm³/mol. The van der Waals surface area contributed by atoms with Crippen molar-refractivity contribution in [3.8, 4) is 11.5 Å². The maximum atomic E-state index is 14.5. The number of amides is 2. The lowest BCUT2D eigenvalue weighted by Crippen LogP contribution is -2.46. The second-order valence-electron chi connectivity index (χ2n) is 13.3. The number of methoxy groups -OCH3 is 2. The summed E-state index contributed by atoms with van der Waals surface area (Å²) < 4.78 is 28.7. The number of halogens is 1. The lowest BCUT2D eigenvalue weighted by molar-refractivity contribution is -0.144. The number of ether oxygens (including phenoxy) is 5. The highest BCUT2D eigenvalue weighted by Crippen LogP contribution is 2.45. The molecule has 2 amide bonds. The van der Waals surface area contributed by atoms with Crippen LogP contribution in [-0.2, 0) is 28.6 Å². The van der Waals surface area contributed by atoms with E-state index in [4.69, 9.17) is 35.3 Å². The fourth-order valence-electron chi connectivity index (χ4n) is 5.30. The predicted octanol–water partition coefficient (Wildman–Crippen LogP) is 6.52. The Morgan fingerprint density at radius 3 is 2.41 bits per heavy atom. The average Bonchev–Trinajstić information content (AvgIpc) is 3.34. The van der Waals surface area contributed by atoms with E-state index < -0.39 is 53.4 Å². The van der Waals surface area contributed by atoms with Crippen molar-refractivity contribution >= 4 is 57.5 Å². The second-order valence-corrected chi connectivity index (χ2v) is 14.8. The van der Waals surface area contributed by atoms with E-state index in [1.807, 2.05) is 13.8 Å². The van der Waals surface area contributed by atoms with E-state index in [2.05, 4.69) is 10.3 Å². The third-order valence-corrected chi connectivity index (χ3v) is 8.66. The standard InChI is InChI=1S/C35H42ClN3O9S/c1-19-30(32(43)48-34(3,4)5)49-33(37-19)38-27(41)16-26-31(42)39(17-35(6,7)18-46-20(2)40)24-14-13-21(36)15-23(24)28(47-26)22-11-10-12-25(44-8)29(22)45-9/h10-15,26,28H,16-18H2,1-9H3,(H,37,38,41)/t26-,28-/m1/s1. The van der Waals surface area contributed by atoms with Gasteiger partial charge in [0.25, 0.3) is 5.91 Å². The van der Waals surface area contributed by atoms with Crippen molar-refractivity contribution in [2.45, 2.75) is 72.7 Å². The molecule has 2 heterocycles.